The van der Waals surface area contributed by atoms with Gasteiger partial charge < -0.3 is 10.4 Å². The topological polar surface area (TPSA) is 66.4 Å². The Balaban J connectivity index is 2.27. The Hall–Kier alpha value is -1.49. The van der Waals surface area contributed by atoms with Crippen LogP contribution in [-0.4, -0.2) is 28.8 Å². The second-order valence-electron chi connectivity index (χ2n) is 4.11. The molecule has 4 nitrogen and oxygen atoms in total. The van der Waals surface area contributed by atoms with Crippen molar-refractivity contribution in [2.24, 2.45) is 0 Å². The second kappa shape index (κ2) is 7.06. The summed E-state index contributed by atoms with van der Waals surface area (Å²) in [4.78, 5) is 21.9. The summed E-state index contributed by atoms with van der Waals surface area (Å²) in [7, 11) is 0. The fourth-order valence-corrected chi connectivity index (χ4v) is 2.09. The Morgan fingerprint density at radius 2 is 1.94 bits per heavy atom. The van der Waals surface area contributed by atoms with Crippen LogP contribution in [0.4, 0.5) is 0 Å². The van der Waals surface area contributed by atoms with Crippen molar-refractivity contribution in [2.45, 2.75) is 25.6 Å². The minimum absolute atomic E-state index is 0.248. The quantitative estimate of drug-likeness (QED) is 0.825. The van der Waals surface area contributed by atoms with Crippen molar-refractivity contribution >= 4 is 23.6 Å². The van der Waals surface area contributed by atoms with Gasteiger partial charge in [0.15, 0.2) is 0 Å². The number of carbonyl (C=O) groups is 2. The van der Waals surface area contributed by atoms with Crippen LogP contribution in [0, 0.1) is 6.92 Å². The minimum Gasteiger partial charge on any atom is -0.480 e. The maximum atomic E-state index is 11.4. The highest BCUT2D eigenvalue weighted by molar-refractivity contribution is 7.99. The Kier molecular flexibility index (Phi) is 5.71. The minimum atomic E-state index is -1.02. The van der Waals surface area contributed by atoms with Crippen LogP contribution in [0.25, 0.3) is 0 Å². The lowest BCUT2D eigenvalue weighted by molar-refractivity contribution is -0.140. The molecule has 1 rings (SSSR count). The third kappa shape index (κ3) is 5.23. The zero-order valence-electron chi connectivity index (χ0n) is 10.5. The first-order valence-corrected chi connectivity index (χ1v) is 6.80. The normalized spacial score (nSPS) is 11.9. The van der Waals surface area contributed by atoms with Crippen LogP contribution in [-0.2, 0) is 15.3 Å². The average molecular weight is 267 g/mol. The lowest BCUT2D eigenvalue weighted by atomic mass is 10.2. The van der Waals surface area contributed by atoms with Gasteiger partial charge in [-0.3, -0.25) is 9.59 Å². The highest BCUT2D eigenvalue weighted by atomic mass is 32.2. The predicted octanol–water partition coefficient (Wildman–Crippen LogP) is 1.82. The maximum absolute atomic E-state index is 11.4. The first-order valence-electron chi connectivity index (χ1n) is 5.64. The molecule has 0 fully saturated rings. The molecule has 2 N–H and O–H groups in total. The Labute approximate surface area is 111 Å². The zero-order chi connectivity index (χ0) is 13.5. The van der Waals surface area contributed by atoms with Gasteiger partial charge in [-0.25, -0.2) is 0 Å². The molecule has 0 spiro atoms. The molecule has 0 saturated heterocycles. The molecular weight excluding hydrogens is 250 g/mol. The van der Waals surface area contributed by atoms with E-state index in [1.165, 1.54) is 24.2 Å². The number of amides is 1. The highest BCUT2D eigenvalue weighted by Gasteiger charge is 2.13. The van der Waals surface area contributed by atoms with E-state index in [1.807, 2.05) is 31.2 Å². The molecule has 0 aromatic heterocycles. The van der Waals surface area contributed by atoms with Crippen molar-refractivity contribution in [1.82, 2.24) is 5.32 Å². The standard InChI is InChI=1S/C13H17NO3S/c1-9-3-5-11(6-4-9)7-18-8-12(15)14-10(2)13(16)17/h3-6,10H,7-8H2,1-2H3,(H,14,15)(H,16,17)/t10-/m0/s1. The number of thioether (sulfide) groups is 1. The molecule has 0 radical (unpaired) electrons. The van der Waals surface area contributed by atoms with Crippen LogP contribution >= 0.6 is 11.8 Å². The molecular formula is C13H17NO3S. The van der Waals surface area contributed by atoms with Gasteiger partial charge >= 0.3 is 5.97 Å². The number of aliphatic carboxylic acids is 1. The molecule has 5 heteroatoms. The van der Waals surface area contributed by atoms with Gasteiger partial charge in [-0.2, -0.15) is 0 Å². The predicted molar refractivity (Wildman–Crippen MR) is 72.6 cm³/mol. The first kappa shape index (κ1) is 14.6. The van der Waals surface area contributed by atoms with E-state index in [1.54, 1.807) is 0 Å². The summed E-state index contributed by atoms with van der Waals surface area (Å²) in [6, 6.07) is 7.28. The molecule has 0 saturated carbocycles. The first-order chi connectivity index (χ1) is 8.49. The summed E-state index contributed by atoms with van der Waals surface area (Å²) < 4.78 is 0. The van der Waals surface area contributed by atoms with Gasteiger partial charge in [0, 0.05) is 5.75 Å². The highest BCUT2D eigenvalue weighted by Crippen LogP contribution is 2.12. The number of nitrogens with one attached hydrogen (secondary N) is 1. The molecule has 1 amide bonds. The van der Waals surface area contributed by atoms with E-state index in [0.29, 0.717) is 0 Å². The van der Waals surface area contributed by atoms with E-state index in [9.17, 15) is 9.59 Å². The lowest BCUT2D eigenvalue weighted by Crippen LogP contribution is -2.39. The Bertz CT molecular complexity index is 417. The van der Waals surface area contributed by atoms with Crippen molar-refractivity contribution in [3.8, 4) is 0 Å². The fraction of sp³-hybridized carbons (Fsp3) is 0.385. The molecule has 1 aromatic rings. The summed E-state index contributed by atoms with van der Waals surface area (Å²) >= 11 is 1.47. The summed E-state index contributed by atoms with van der Waals surface area (Å²) in [6.07, 6.45) is 0. The molecule has 1 aromatic carbocycles. The molecule has 0 aliphatic rings. The van der Waals surface area contributed by atoms with Crippen molar-refractivity contribution in [1.29, 1.82) is 0 Å². The van der Waals surface area contributed by atoms with Gasteiger partial charge in [-0.1, -0.05) is 29.8 Å². The molecule has 0 unspecified atom stereocenters. The van der Waals surface area contributed by atoms with E-state index in [2.05, 4.69) is 5.32 Å². The van der Waals surface area contributed by atoms with Gasteiger partial charge in [0.1, 0.15) is 6.04 Å². The lowest BCUT2D eigenvalue weighted by Gasteiger charge is -2.08. The van der Waals surface area contributed by atoms with E-state index < -0.39 is 12.0 Å². The van der Waals surface area contributed by atoms with Gasteiger partial charge in [-0.15, -0.1) is 11.8 Å². The molecule has 0 heterocycles. The maximum Gasteiger partial charge on any atom is 0.325 e. The van der Waals surface area contributed by atoms with Crippen molar-refractivity contribution in [3.63, 3.8) is 0 Å². The SMILES string of the molecule is Cc1ccc(CSCC(=O)N[C@@H](C)C(=O)O)cc1. The summed E-state index contributed by atoms with van der Waals surface area (Å²) in [5.41, 5.74) is 2.36. The number of carbonyl (C=O) groups excluding carboxylic acids is 1. The van der Waals surface area contributed by atoms with E-state index in [0.717, 1.165) is 11.3 Å². The molecule has 0 aliphatic heterocycles. The van der Waals surface area contributed by atoms with Crippen molar-refractivity contribution in [3.05, 3.63) is 35.4 Å². The largest absolute Gasteiger partial charge is 0.480 e. The number of carboxylic acids is 1. The second-order valence-corrected chi connectivity index (χ2v) is 5.09. The number of hydrogen-bond donors (Lipinski definition) is 2. The molecule has 1 atom stereocenters. The number of benzene rings is 1. The van der Waals surface area contributed by atoms with Crippen LogP contribution in [0.15, 0.2) is 24.3 Å². The average Bonchev–Trinajstić information content (AvgIpc) is 2.31. The van der Waals surface area contributed by atoms with Crippen LogP contribution < -0.4 is 5.32 Å². The zero-order valence-corrected chi connectivity index (χ0v) is 11.3. The van der Waals surface area contributed by atoms with Crippen LogP contribution in [0.1, 0.15) is 18.1 Å². The van der Waals surface area contributed by atoms with Crippen LogP contribution in [0.2, 0.25) is 0 Å². The third-order valence-corrected chi connectivity index (χ3v) is 3.37. The van der Waals surface area contributed by atoms with Gasteiger partial charge in [0.25, 0.3) is 0 Å². The Morgan fingerprint density at radius 1 is 1.33 bits per heavy atom. The molecule has 98 valence electrons. The summed E-state index contributed by atoms with van der Waals surface area (Å²) in [5, 5.41) is 11.1. The van der Waals surface area contributed by atoms with Gasteiger partial charge in [-0.05, 0) is 19.4 Å². The van der Waals surface area contributed by atoms with Crippen molar-refractivity contribution < 1.29 is 14.7 Å². The number of hydrogen-bond acceptors (Lipinski definition) is 3. The number of aryl methyl sites for hydroxylation is 1. The van der Waals surface area contributed by atoms with Gasteiger partial charge in [0.05, 0.1) is 5.75 Å². The van der Waals surface area contributed by atoms with Gasteiger partial charge in [0.2, 0.25) is 5.91 Å². The fourth-order valence-electron chi connectivity index (χ4n) is 1.29. The van der Waals surface area contributed by atoms with E-state index in [-0.39, 0.29) is 11.7 Å². The monoisotopic (exact) mass is 267 g/mol. The summed E-state index contributed by atoms with van der Waals surface area (Å²) in [6.45, 7) is 3.47. The summed E-state index contributed by atoms with van der Waals surface area (Å²) in [5.74, 6) is -0.255. The van der Waals surface area contributed by atoms with Crippen LogP contribution in [0.3, 0.4) is 0 Å². The van der Waals surface area contributed by atoms with Crippen molar-refractivity contribution in [2.75, 3.05) is 5.75 Å². The smallest absolute Gasteiger partial charge is 0.325 e. The molecule has 0 aliphatic carbocycles. The molecule has 18 heavy (non-hydrogen) atoms. The Morgan fingerprint density at radius 3 is 2.50 bits per heavy atom. The molecule has 0 bridgehead atoms. The number of rotatable bonds is 6. The number of carboxylic acid groups (broad SMARTS) is 1. The third-order valence-electron chi connectivity index (χ3n) is 2.37. The van der Waals surface area contributed by atoms with E-state index >= 15 is 0 Å². The van der Waals surface area contributed by atoms with Crippen LogP contribution in [0.5, 0.6) is 0 Å². The van der Waals surface area contributed by atoms with E-state index in [4.69, 9.17) is 5.11 Å².